The monoisotopic (exact) mass is 344 g/mol. The largest absolute Gasteiger partial charge is 0.508 e. The van der Waals surface area contributed by atoms with Gasteiger partial charge >= 0.3 is 0 Å². The van der Waals surface area contributed by atoms with Crippen molar-refractivity contribution in [3.05, 3.63) is 59.7 Å². The molecule has 0 spiro atoms. The molecule has 140 valence electrons. The van der Waals surface area contributed by atoms with Crippen LogP contribution in [0.5, 0.6) is 11.5 Å². The summed E-state index contributed by atoms with van der Waals surface area (Å²) in [7, 11) is 0. The average molecular weight is 345 g/mol. The van der Waals surface area contributed by atoms with Gasteiger partial charge in [0.2, 0.25) is 0 Å². The first kappa shape index (κ1) is 23.0. The van der Waals surface area contributed by atoms with E-state index in [9.17, 15) is 10.2 Å². The van der Waals surface area contributed by atoms with Crippen LogP contribution in [0.1, 0.15) is 66.5 Å². The van der Waals surface area contributed by atoms with E-state index >= 15 is 0 Å². The van der Waals surface area contributed by atoms with Crippen LogP contribution in [0.25, 0.3) is 0 Å². The Balaban J connectivity index is 0.000000609. The number of hydrogen-bond acceptors (Lipinski definition) is 2. The van der Waals surface area contributed by atoms with E-state index in [2.05, 4.69) is 55.4 Å². The predicted octanol–water partition coefficient (Wildman–Crippen LogP) is 6.75. The minimum absolute atomic E-state index is 0.151. The Morgan fingerprint density at radius 2 is 0.760 bits per heavy atom. The van der Waals surface area contributed by atoms with Gasteiger partial charge < -0.3 is 10.2 Å². The fourth-order valence-corrected chi connectivity index (χ4v) is 1.92. The summed E-state index contributed by atoms with van der Waals surface area (Å²) < 4.78 is 0. The van der Waals surface area contributed by atoms with E-state index in [0.717, 1.165) is 23.0 Å². The SMILES string of the molecule is CC(C)(c1ccc(O)cc1)c1ccc(O)cc1.CC(C)C.CC(C)C. The number of phenols is 2. The standard InChI is InChI=1S/C15H16O2.2C4H10/c1-15(2,11-3-7-13(16)8-4-11)12-5-9-14(17)10-6-12;2*1-4(2)3/h3-10,16-17H,1-2H3;2*4H,1-3H3. The first-order chi connectivity index (χ1) is 11.5. The summed E-state index contributed by atoms with van der Waals surface area (Å²) in [4.78, 5) is 0. The highest BCUT2D eigenvalue weighted by Crippen LogP contribution is 2.32. The average Bonchev–Trinajstić information content (AvgIpc) is 2.47. The van der Waals surface area contributed by atoms with E-state index in [1.807, 2.05) is 24.3 Å². The van der Waals surface area contributed by atoms with Crippen LogP contribution in [0.15, 0.2) is 48.5 Å². The third-order valence-electron chi connectivity index (χ3n) is 3.18. The Morgan fingerprint density at radius 3 is 0.960 bits per heavy atom. The van der Waals surface area contributed by atoms with Gasteiger partial charge in [0.1, 0.15) is 11.5 Å². The van der Waals surface area contributed by atoms with Gasteiger partial charge in [-0.2, -0.15) is 0 Å². The maximum Gasteiger partial charge on any atom is 0.115 e. The van der Waals surface area contributed by atoms with Gasteiger partial charge in [0, 0.05) is 5.41 Å². The summed E-state index contributed by atoms with van der Waals surface area (Å²) in [5, 5.41) is 18.6. The molecule has 2 rings (SSSR count). The number of rotatable bonds is 2. The van der Waals surface area contributed by atoms with E-state index < -0.39 is 0 Å². The zero-order valence-corrected chi connectivity index (χ0v) is 17.2. The van der Waals surface area contributed by atoms with Crippen LogP contribution in [-0.4, -0.2) is 10.2 Å². The Labute approximate surface area is 154 Å². The summed E-state index contributed by atoms with van der Waals surface area (Å²) in [6.07, 6.45) is 0. The number of benzene rings is 2. The zero-order valence-electron chi connectivity index (χ0n) is 17.2. The quantitative estimate of drug-likeness (QED) is 0.632. The lowest BCUT2D eigenvalue weighted by atomic mass is 9.78. The van der Waals surface area contributed by atoms with E-state index in [1.54, 1.807) is 24.3 Å². The van der Waals surface area contributed by atoms with Gasteiger partial charge in [0.15, 0.2) is 0 Å². The van der Waals surface area contributed by atoms with Gasteiger partial charge in [0.05, 0.1) is 0 Å². The lowest BCUT2D eigenvalue weighted by Crippen LogP contribution is -2.18. The highest BCUT2D eigenvalue weighted by molar-refractivity contribution is 5.41. The molecule has 2 aromatic rings. The van der Waals surface area contributed by atoms with Gasteiger partial charge in [-0.15, -0.1) is 0 Å². The molecule has 0 atom stereocenters. The Hall–Kier alpha value is -1.96. The Morgan fingerprint density at radius 1 is 0.560 bits per heavy atom. The van der Waals surface area contributed by atoms with Crippen molar-refractivity contribution >= 4 is 0 Å². The van der Waals surface area contributed by atoms with Gasteiger partial charge in [-0.25, -0.2) is 0 Å². The predicted molar refractivity (Wildman–Crippen MR) is 109 cm³/mol. The fraction of sp³-hybridized carbons (Fsp3) is 0.478. The first-order valence-electron chi connectivity index (χ1n) is 9.05. The van der Waals surface area contributed by atoms with Crippen molar-refractivity contribution in [3.8, 4) is 11.5 Å². The number of hydrogen-bond donors (Lipinski definition) is 2. The van der Waals surface area contributed by atoms with Crippen molar-refractivity contribution in [2.45, 2.75) is 60.8 Å². The second-order valence-corrected chi connectivity index (χ2v) is 8.18. The van der Waals surface area contributed by atoms with Crippen LogP contribution in [-0.2, 0) is 5.41 Å². The second-order valence-electron chi connectivity index (χ2n) is 8.18. The molecular formula is C23H36O2. The molecule has 25 heavy (non-hydrogen) atoms. The van der Waals surface area contributed by atoms with E-state index in [-0.39, 0.29) is 16.9 Å². The van der Waals surface area contributed by atoms with Crippen molar-refractivity contribution in [1.29, 1.82) is 0 Å². The van der Waals surface area contributed by atoms with E-state index in [4.69, 9.17) is 0 Å². The Kier molecular flexibility index (Phi) is 9.96. The molecule has 0 bridgehead atoms. The van der Waals surface area contributed by atoms with Gasteiger partial charge in [-0.05, 0) is 47.2 Å². The third-order valence-corrected chi connectivity index (χ3v) is 3.18. The summed E-state index contributed by atoms with van der Waals surface area (Å²) in [6, 6.07) is 14.4. The Bertz CT molecular complexity index is 519. The van der Waals surface area contributed by atoms with Gasteiger partial charge in [-0.3, -0.25) is 0 Å². The molecule has 0 aromatic heterocycles. The molecule has 2 N–H and O–H groups in total. The topological polar surface area (TPSA) is 40.5 Å². The molecule has 0 saturated carbocycles. The molecule has 0 fully saturated rings. The highest BCUT2D eigenvalue weighted by Gasteiger charge is 2.22. The fourth-order valence-electron chi connectivity index (χ4n) is 1.92. The normalized spacial score (nSPS) is 10.6. The lowest BCUT2D eigenvalue weighted by Gasteiger charge is -2.26. The maximum atomic E-state index is 9.30. The second kappa shape index (κ2) is 10.8. The van der Waals surface area contributed by atoms with Crippen molar-refractivity contribution < 1.29 is 10.2 Å². The summed E-state index contributed by atoms with van der Waals surface area (Å²) in [6.45, 7) is 17.2. The van der Waals surface area contributed by atoms with Crippen LogP contribution in [0.4, 0.5) is 0 Å². The molecule has 0 radical (unpaired) electrons. The third kappa shape index (κ3) is 9.81. The van der Waals surface area contributed by atoms with Crippen LogP contribution in [0.3, 0.4) is 0 Å². The molecule has 0 amide bonds. The summed E-state index contributed by atoms with van der Waals surface area (Å²) in [5.41, 5.74) is 2.10. The van der Waals surface area contributed by atoms with Crippen LogP contribution >= 0.6 is 0 Å². The molecular weight excluding hydrogens is 308 g/mol. The van der Waals surface area contributed by atoms with Crippen LogP contribution < -0.4 is 0 Å². The maximum absolute atomic E-state index is 9.30. The smallest absolute Gasteiger partial charge is 0.115 e. The van der Waals surface area contributed by atoms with Gasteiger partial charge in [-0.1, -0.05) is 79.7 Å². The summed E-state index contributed by atoms with van der Waals surface area (Å²) >= 11 is 0. The number of aromatic hydroxyl groups is 2. The first-order valence-corrected chi connectivity index (χ1v) is 9.05. The van der Waals surface area contributed by atoms with E-state index in [0.29, 0.717) is 0 Å². The number of phenolic OH excluding ortho intramolecular Hbond substituents is 2. The van der Waals surface area contributed by atoms with Crippen molar-refractivity contribution in [1.82, 2.24) is 0 Å². The minimum Gasteiger partial charge on any atom is -0.508 e. The highest BCUT2D eigenvalue weighted by atomic mass is 16.3. The van der Waals surface area contributed by atoms with Crippen molar-refractivity contribution in [2.24, 2.45) is 11.8 Å². The molecule has 2 heteroatoms. The molecule has 2 nitrogen and oxygen atoms in total. The lowest BCUT2D eigenvalue weighted by molar-refractivity contribution is 0.474. The molecule has 0 aliphatic carbocycles. The van der Waals surface area contributed by atoms with Gasteiger partial charge in [0.25, 0.3) is 0 Å². The zero-order chi connectivity index (χ0) is 19.6. The molecule has 0 unspecified atom stereocenters. The molecule has 0 heterocycles. The molecule has 0 aliphatic rings. The molecule has 0 aliphatic heterocycles. The van der Waals surface area contributed by atoms with Crippen molar-refractivity contribution in [2.75, 3.05) is 0 Å². The summed E-state index contributed by atoms with van der Waals surface area (Å²) in [5.74, 6) is 2.21. The van der Waals surface area contributed by atoms with Crippen molar-refractivity contribution in [3.63, 3.8) is 0 Å². The van der Waals surface area contributed by atoms with E-state index in [1.165, 1.54) is 0 Å². The molecule has 0 saturated heterocycles. The minimum atomic E-state index is -0.151. The van der Waals surface area contributed by atoms with Crippen LogP contribution in [0, 0.1) is 11.8 Å². The molecule has 2 aromatic carbocycles. The van der Waals surface area contributed by atoms with Crippen LogP contribution in [0.2, 0.25) is 0 Å².